The lowest BCUT2D eigenvalue weighted by atomic mass is 10.2. The summed E-state index contributed by atoms with van der Waals surface area (Å²) in [6.45, 7) is 8.04. The average Bonchev–Trinajstić information content (AvgIpc) is 3.47. The number of benzene rings is 1. The molecule has 0 aliphatic carbocycles. The maximum atomic E-state index is 5.55. The molecular weight excluding hydrogens is 535 g/mol. The van der Waals surface area contributed by atoms with Crippen LogP contribution in [0.5, 0.6) is 0 Å². The number of aromatic nitrogens is 2. The van der Waals surface area contributed by atoms with Crippen LogP contribution in [0.4, 0.5) is 0 Å². The number of morpholine rings is 1. The number of halogens is 1. The Morgan fingerprint density at radius 2 is 2.06 bits per heavy atom. The van der Waals surface area contributed by atoms with Gasteiger partial charge in [-0.1, -0.05) is 18.2 Å². The van der Waals surface area contributed by atoms with Gasteiger partial charge in [-0.3, -0.25) is 9.89 Å². The second-order valence-electron chi connectivity index (χ2n) is 7.63. The van der Waals surface area contributed by atoms with E-state index in [1.165, 1.54) is 4.88 Å². The van der Waals surface area contributed by atoms with Crippen LogP contribution in [0, 0.1) is 0 Å². The molecule has 32 heavy (non-hydrogen) atoms. The van der Waals surface area contributed by atoms with Gasteiger partial charge in [0, 0.05) is 37.5 Å². The van der Waals surface area contributed by atoms with E-state index in [0.717, 1.165) is 81.6 Å². The number of guanidine groups is 1. The average molecular weight is 569 g/mol. The van der Waals surface area contributed by atoms with Gasteiger partial charge in [0.2, 0.25) is 0 Å². The van der Waals surface area contributed by atoms with Crippen molar-refractivity contribution >= 4 is 52.3 Å². The Morgan fingerprint density at radius 3 is 2.81 bits per heavy atom. The number of aromatic amines is 1. The highest BCUT2D eigenvalue weighted by Gasteiger charge is 2.23. The van der Waals surface area contributed by atoms with E-state index in [1.807, 2.05) is 29.5 Å². The minimum absolute atomic E-state index is 0. The number of hydrogen-bond acceptors (Lipinski definition) is 5. The fourth-order valence-corrected chi connectivity index (χ4v) is 4.71. The molecule has 1 aliphatic rings. The maximum absolute atomic E-state index is 5.55. The summed E-state index contributed by atoms with van der Waals surface area (Å²) in [4.78, 5) is 16.8. The molecule has 1 unspecified atom stereocenters. The zero-order valence-electron chi connectivity index (χ0n) is 18.5. The number of aliphatic imine (C=N–C) groups is 1. The number of ether oxygens (including phenoxy) is 1. The molecule has 0 bridgehead atoms. The van der Waals surface area contributed by atoms with Crippen LogP contribution in [0.1, 0.15) is 30.1 Å². The summed E-state index contributed by atoms with van der Waals surface area (Å²) in [6.07, 6.45) is 1.90. The number of para-hydroxylation sites is 2. The largest absolute Gasteiger partial charge is 0.379 e. The number of nitrogens with one attached hydrogen (secondary N) is 3. The van der Waals surface area contributed by atoms with Crippen LogP contribution in [0.3, 0.4) is 0 Å². The van der Waals surface area contributed by atoms with Gasteiger partial charge in [-0.15, -0.1) is 35.3 Å². The molecule has 174 valence electrons. The lowest BCUT2D eigenvalue weighted by Crippen LogP contribution is -2.41. The first-order valence-corrected chi connectivity index (χ1v) is 12.0. The van der Waals surface area contributed by atoms with Gasteiger partial charge in [0.25, 0.3) is 0 Å². The highest BCUT2D eigenvalue weighted by molar-refractivity contribution is 14.0. The molecule has 3 N–H and O–H groups in total. The molecule has 2 aromatic heterocycles. The van der Waals surface area contributed by atoms with E-state index in [1.54, 1.807) is 0 Å². The van der Waals surface area contributed by atoms with Crippen molar-refractivity contribution in [3.05, 3.63) is 52.5 Å². The first-order chi connectivity index (χ1) is 15.3. The Morgan fingerprint density at radius 1 is 1.22 bits per heavy atom. The normalized spacial score (nSPS) is 16.0. The van der Waals surface area contributed by atoms with Gasteiger partial charge in [-0.2, -0.15) is 0 Å². The number of aryl methyl sites for hydroxylation is 1. The van der Waals surface area contributed by atoms with Gasteiger partial charge in [0.15, 0.2) is 5.96 Å². The van der Waals surface area contributed by atoms with E-state index in [-0.39, 0.29) is 24.0 Å². The molecule has 1 saturated heterocycles. The minimum atomic E-state index is 0. The Bertz CT molecular complexity index is 921. The number of thiophene rings is 1. The molecule has 0 saturated carbocycles. The molecule has 1 fully saturated rings. The predicted octanol–water partition coefficient (Wildman–Crippen LogP) is 3.80. The van der Waals surface area contributed by atoms with Crippen molar-refractivity contribution < 1.29 is 4.74 Å². The number of imidazole rings is 1. The van der Waals surface area contributed by atoms with E-state index in [9.17, 15) is 0 Å². The molecule has 1 atom stereocenters. The maximum Gasteiger partial charge on any atom is 0.191 e. The van der Waals surface area contributed by atoms with Crippen molar-refractivity contribution in [2.45, 2.75) is 25.8 Å². The van der Waals surface area contributed by atoms with E-state index in [2.05, 4.69) is 56.0 Å². The standard InChI is InChI=1S/C23H32N6OS.HI/c1-2-24-23(25-11-5-10-22-27-18-7-3-4-8-19(18)28-22)26-17-20(21-9-6-16-31-21)29-12-14-30-15-13-29;/h3-4,6-9,16,20H,2,5,10-15,17H2,1H3,(H,27,28)(H2,24,25,26);1H. The molecule has 0 spiro atoms. The lowest BCUT2D eigenvalue weighted by Gasteiger charge is -2.33. The Hall–Kier alpha value is -1.69. The lowest BCUT2D eigenvalue weighted by molar-refractivity contribution is 0.0186. The molecule has 3 heterocycles. The predicted molar refractivity (Wildman–Crippen MR) is 143 cm³/mol. The highest BCUT2D eigenvalue weighted by Crippen LogP contribution is 2.26. The Balaban J connectivity index is 0.00000289. The van der Waals surface area contributed by atoms with Crippen molar-refractivity contribution in [3.8, 4) is 0 Å². The number of fused-ring (bicyclic) bond motifs is 1. The fourth-order valence-electron chi connectivity index (χ4n) is 3.86. The van der Waals surface area contributed by atoms with Gasteiger partial charge >= 0.3 is 0 Å². The third kappa shape index (κ3) is 6.90. The van der Waals surface area contributed by atoms with Crippen molar-refractivity contribution in [1.82, 2.24) is 25.5 Å². The quantitative estimate of drug-likeness (QED) is 0.159. The molecule has 3 aromatic rings. The van der Waals surface area contributed by atoms with E-state index >= 15 is 0 Å². The van der Waals surface area contributed by atoms with Crippen LogP contribution in [0.2, 0.25) is 0 Å². The van der Waals surface area contributed by atoms with Crippen LogP contribution in [-0.4, -0.2) is 66.8 Å². The van der Waals surface area contributed by atoms with Gasteiger partial charge in [-0.25, -0.2) is 4.98 Å². The molecule has 9 heteroatoms. The Labute approximate surface area is 211 Å². The molecule has 1 aliphatic heterocycles. The van der Waals surface area contributed by atoms with E-state index in [4.69, 9.17) is 9.73 Å². The van der Waals surface area contributed by atoms with E-state index < -0.39 is 0 Å². The topological polar surface area (TPSA) is 77.6 Å². The van der Waals surface area contributed by atoms with Crippen LogP contribution in [0.15, 0.2) is 46.8 Å². The molecular formula is C23H33IN6OS. The number of H-pyrrole nitrogens is 1. The minimum Gasteiger partial charge on any atom is -0.379 e. The monoisotopic (exact) mass is 568 g/mol. The third-order valence-electron chi connectivity index (χ3n) is 5.45. The van der Waals surface area contributed by atoms with Gasteiger partial charge in [0.1, 0.15) is 5.82 Å². The summed E-state index contributed by atoms with van der Waals surface area (Å²) in [5.74, 6) is 1.91. The van der Waals surface area contributed by atoms with Crippen LogP contribution < -0.4 is 10.6 Å². The molecule has 0 radical (unpaired) electrons. The third-order valence-corrected chi connectivity index (χ3v) is 6.42. The molecule has 0 amide bonds. The summed E-state index contributed by atoms with van der Waals surface area (Å²) in [5, 5.41) is 9.01. The summed E-state index contributed by atoms with van der Waals surface area (Å²) in [7, 11) is 0. The SMILES string of the molecule is CCNC(=NCC(c1cccs1)N1CCOCC1)NCCCc1nc2ccccc2[nH]1.I. The van der Waals surface area contributed by atoms with Crippen molar-refractivity contribution in [2.75, 3.05) is 45.9 Å². The smallest absolute Gasteiger partial charge is 0.191 e. The van der Waals surface area contributed by atoms with Crippen molar-refractivity contribution in [3.63, 3.8) is 0 Å². The van der Waals surface area contributed by atoms with Crippen LogP contribution >= 0.6 is 35.3 Å². The van der Waals surface area contributed by atoms with Crippen LogP contribution in [-0.2, 0) is 11.2 Å². The van der Waals surface area contributed by atoms with Gasteiger partial charge in [-0.05, 0) is 36.9 Å². The van der Waals surface area contributed by atoms with Gasteiger partial charge < -0.3 is 20.4 Å². The van der Waals surface area contributed by atoms with Crippen molar-refractivity contribution in [1.29, 1.82) is 0 Å². The molecule has 4 rings (SSSR count). The first kappa shape index (κ1) is 24.9. The zero-order chi connectivity index (χ0) is 21.3. The summed E-state index contributed by atoms with van der Waals surface area (Å²) in [5.41, 5.74) is 2.13. The second-order valence-corrected chi connectivity index (χ2v) is 8.61. The second kappa shape index (κ2) is 13.1. The number of rotatable bonds is 9. The summed E-state index contributed by atoms with van der Waals surface area (Å²) < 4.78 is 5.55. The Kier molecular flexibility index (Phi) is 10.2. The number of hydrogen-bond donors (Lipinski definition) is 3. The highest BCUT2D eigenvalue weighted by atomic mass is 127. The van der Waals surface area contributed by atoms with Gasteiger partial charge in [0.05, 0.1) is 36.8 Å². The van der Waals surface area contributed by atoms with E-state index in [0.29, 0.717) is 6.04 Å². The summed E-state index contributed by atoms with van der Waals surface area (Å²) in [6, 6.07) is 12.8. The zero-order valence-corrected chi connectivity index (χ0v) is 21.7. The summed E-state index contributed by atoms with van der Waals surface area (Å²) >= 11 is 1.81. The van der Waals surface area contributed by atoms with Crippen molar-refractivity contribution in [2.24, 2.45) is 4.99 Å². The molecule has 1 aromatic carbocycles. The van der Waals surface area contributed by atoms with Crippen LogP contribution in [0.25, 0.3) is 11.0 Å². The molecule has 7 nitrogen and oxygen atoms in total. The first-order valence-electron chi connectivity index (χ1n) is 11.1. The fraction of sp³-hybridized carbons (Fsp3) is 0.478. The number of nitrogens with zero attached hydrogens (tertiary/aromatic N) is 3.